The van der Waals surface area contributed by atoms with Crippen LogP contribution in [-0.4, -0.2) is 39.4 Å². The van der Waals surface area contributed by atoms with E-state index in [0.29, 0.717) is 22.2 Å². The van der Waals surface area contributed by atoms with Crippen LogP contribution in [0.5, 0.6) is 0 Å². The largest absolute Gasteiger partial charge is 0.338 e. The van der Waals surface area contributed by atoms with Crippen LogP contribution < -0.4 is 4.31 Å². The summed E-state index contributed by atoms with van der Waals surface area (Å²) in [5, 5.41) is 0.478. The lowest BCUT2D eigenvalue weighted by Gasteiger charge is -2.31. The van der Waals surface area contributed by atoms with Gasteiger partial charge in [-0.05, 0) is 67.3 Å². The third-order valence-electron chi connectivity index (χ3n) is 4.89. The van der Waals surface area contributed by atoms with E-state index in [2.05, 4.69) is 6.92 Å². The summed E-state index contributed by atoms with van der Waals surface area (Å²) >= 11 is 5.83. The minimum Gasteiger partial charge on any atom is -0.338 e. The molecule has 0 spiro atoms. The number of carbonyl (C=O) groups excluding carboxylic acids is 1. The third-order valence-corrected chi connectivity index (χ3v) is 6.95. The Morgan fingerprint density at radius 2 is 1.74 bits per heavy atom. The highest BCUT2D eigenvalue weighted by molar-refractivity contribution is 7.92. The lowest BCUT2D eigenvalue weighted by Crippen LogP contribution is -2.39. The van der Waals surface area contributed by atoms with E-state index in [-0.39, 0.29) is 10.8 Å². The van der Waals surface area contributed by atoms with Crippen molar-refractivity contribution in [2.45, 2.75) is 24.7 Å². The molecule has 1 aliphatic rings. The second-order valence-corrected chi connectivity index (χ2v) is 9.38. The van der Waals surface area contributed by atoms with E-state index < -0.39 is 10.0 Å². The summed E-state index contributed by atoms with van der Waals surface area (Å²) in [5.74, 6) is 0.508. The van der Waals surface area contributed by atoms with E-state index >= 15 is 0 Å². The molecule has 0 radical (unpaired) electrons. The standard InChI is InChI=1S/C20H23ClN2O3S/c1-15-4-3-13-23(14-15)20(24)16-5-9-18(10-6-16)22(2)27(25,26)19-11-7-17(21)8-12-19/h5-12,15H,3-4,13-14H2,1-2H3/t15-/m1/s1. The summed E-state index contributed by atoms with van der Waals surface area (Å²) < 4.78 is 26.7. The maximum atomic E-state index is 12.8. The molecule has 7 heteroatoms. The molecule has 0 bridgehead atoms. The van der Waals surface area contributed by atoms with Crippen LogP contribution in [-0.2, 0) is 10.0 Å². The van der Waals surface area contributed by atoms with Crippen LogP contribution in [0.3, 0.4) is 0 Å². The normalized spacial score (nSPS) is 17.6. The number of carbonyl (C=O) groups is 1. The SMILES string of the molecule is C[C@@H]1CCCN(C(=O)c2ccc(N(C)S(=O)(=O)c3ccc(Cl)cc3)cc2)C1. The Kier molecular flexibility index (Phi) is 5.77. The molecule has 1 atom stereocenters. The Morgan fingerprint density at radius 3 is 2.33 bits per heavy atom. The van der Waals surface area contributed by atoms with Gasteiger partial charge in [0.05, 0.1) is 10.6 Å². The first-order valence-electron chi connectivity index (χ1n) is 8.93. The van der Waals surface area contributed by atoms with Gasteiger partial charge in [-0.1, -0.05) is 18.5 Å². The molecule has 1 saturated heterocycles. The minimum atomic E-state index is -3.69. The Hall–Kier alpha value is -2.05. The van der Waals surface area contributed by atoms with Gasteiger partial charge in [-0.3, -0.25) is 9.10 Å². The van der Waals surface area contributed by atoms with E-state index in [1.807, 2.05) is 4.90 Å². The Morgan fingerprint density at radius 1 is 1.11 bits per heavy atom. The zero-order chi connectivity index (χ0) is 19.6. The van der Waals surface area contributed by atoms with E-state index in [0.717, 1.165) is 25.9 Å². The maximum Gasteiger partial charge on any atom is 0.264 e. The van der Waals surface area contributed by atoms with Crippen molar-refractivity contribution in [1.82, 2.24) is 4.90 Å². The van der Waals surface area contributed by atoms with Crippen LogP contribution in [0.1, 0.15) is 30.1 Å². The van der Waals surface area contributed by atoms with Crippen molar-refractivity contribution in [1.29, 1.82) is 0 Å². The predicted molar refractivity (Wildman–Crippen MR) is 108 cm³/mol. The number of rotatable bonds is 4. The zero-order valence-electron chi connectivity index (χ0n) is 15.4. The summed E-state index contributed by atoms with van der Waals surface area (Å²) in [6, 6.07) is 12.7. The average molecular weight is 407 g/mol. The molecule has 1 amide bonds. The van der Waals surface area contributed by atoms with Crippen molar-refractivity contribution in [3.05, 3.63) is 59.1 Å². The fourth-order valence-electron chi connectivity index (χ4n) is 3.27. The van der Waals surface area contributed by atoms with Gasteiger partial charge in [0.15, 0.2) is 0 Å². The molecule has 0 saturated carbocycles. The summed E-state index contributed by atoms with van der Waals surface area (Å²) in [5.41, 5.74) is 1.07. The second kappa shape index (κ2) is 7.90. The van der Waals surface area contributed by atoms with Crippen LogP contribution >= 0.6 is 11.6 Å². The summed E-state index contributed by atoms with van der Waals surface area (Å²) in [6.45, 7) is 3.69. The predicted octanol–water partition coefficient (Wildman–Crippen LogP) is 4.04. The van der Waals surface area contributed by atoms with Crippen molar-refractivity contribution in [2.24, 2.45) is 5.92 Å². The van der Waals surface area contributed by atoms with Gasteiger partial charge in [0, 0.05) is 30.7 Å². The van der Waals surface area contributed by atoms with E-state index in [1.54, 1.807) is 36.4 Å². The van der Waals surface area contributed by atoms with Gasteiger partial charge in [0.25, 0.3) is 15.9 Å². The lowest BCUT2D eigenvalue weighted by molar-refractivity contribution is 0.0683. The van der Waals surface area contributed by atoms with Gasteiger partial charge in [-0.2, -0.15) is 0 Å². The van der Waals surface area contributed by atoms with Crippen LogP contribution in [0.25, 0.3) is 0 Å². The van der Waals surface area contributed by atoms with Crippen molar-refractivity contribution < 1.29 is 13.2 Å². The van der Waals surface area contributed by atoms with Gasteiger partial charge < -0.3 is 4.90 Å². The highest BCUT2D eigenvalue weighted by atomic mass is 35.5. The first-order chi connectivity index (χ1) is 12.8. The molecule has 2 aromatic rings. The highest BCUT2D eigenvalue weighted by Crippen LogP contribution is 2.24. The molecule has 0 aromatic heterocycles. The summed E-state index contributed by atoms with van der Waals surface area (Å²) in [7, 11) is -2.20. The molecule has 1 fully saturated rings. The van der Waals surface area contributed by atoms with Gasteiger partial charge in [0.1, 0.15) is 0 Å². The number of anilines is 1. The lowest BCUT2D eigenvalue weighted by atomic mass is 9.99. The molecule has 0 aliphatic carbocycles. The van der Waals surface area contributed by atoms with Crippen LogP contribution in [0, 0.1) is 5.92 Å². The van der Waals surface area contributed by atoms with Crippen molar-refractivity contribution in [2.75, 3.05) is 24.4 Å². The Balaban J connectivity index is 1.78. The Labute approximate surface area is 165 Å². The van der Waals surface area contributed by atoms with Gasteiger partial charge in [-0.15, -0.1) is 0 Å². The van der Waals surface area contributed by atoms with E-state index in [9.17, 15) is 13.2 Å². The third kappa shape index (κ3) is 4.28. The maximum absolute atomic E-state index is 12.8. The molecule has 3 rings (SSSR count). The minimum absolute atomic E-state index is 0.00342. The van der Waals surface area contributed by atoms with Crippen LogP contribution in [0.4, 0.5) is 5.69 Å². The number of likely N-dealkylation sites (tertiary alicyclic amines) is 1. The number of hydrogen-bond acceptors (Lipinski definition) is 3. The molecule has 144 valence electrons. The summed E-state index contributed by atoms with van der Waals surface area (Å²) in [6.07, 6.45) is 2.17. The van der Waals surface area contributed by atoms with Crippen molar-refractivity contribution in [3.8, 4) is 0 Å². The fourth-order valence-corrected chi connectivity index (χ4v) is 4.60. The van der Waals surface area contributed by atoms with Gasteiger partial charge >= 0.3 is 0 Å². The van der Waals surface area contributed by atoms with Crippen LogP contribution in [0.15, 0.2) is 53.4 Å². The first kappa shape index (κ1) is 19.7. The molecule has 0 unspecified atom stereocenters. The number of hydrogen-bond donors (Lipinski definition) is 0. The average Bonchev–Trinajstić information content (AvgIpc) is 2.67. The quantitative estimate of drug-likeness (QED) is 0.769. The number of amides is 1. The molecule has 1 heterocycles. The zero-order valence-corrected chi connectivity index (χ0v) is 17.0. The monoisotopic (exact) mass is 406 g/mol. The Bertz CT molecular complexity index is 911. The number of sulfonamides is 1. The fraction of sp³-hybridized carbons (Fsp3) is 0.350. The molecular formula is C20H23ClN2O3S. The van der Waals surface area contributed by atoms with Crippen molar-refractivity contribution >= 4 is 33.2 Å². The summed E-state index contributed by atoms with van der Waals surface area (Å²) in [4.78, 5) is 14.7. The van der Waals surface area contributed by atoms with Gasteiger partial charge in [-0.25, -0.2) is 8.42 Å². The topological polar surface area (TPSA) is 57.7 Å². The molecule has 5 nitrogen and oxygen atoms in total. The highest BCUT2D eigenvalue weighted by Gasteiger charge is 2.24. The molecule has 2 aromatic carbocycles. The number of piperidine rings is 1. The van der Waals surface area contributed by atoms with Gasteiger partial charge in [0.2, 0.25) is 0 Å². The number of halogens is 1. The molecule has 1 aliphatic heterocycles. The molecule has 27 heavy (non-hydrogen) atoms. The molecule has 0 N–H and O–H groups in total. The van der Waals surface area contributed by atoms with E-state index in [1.165, 1.54) is 23.5 Å². The number of nitrogens with zero attached hydrogens (tertiary/aromatic N) is 2. The smallest absolute Gasteiger partial charge is 0.264 e. The second-order valence-electron chi connectivity index (χ2n) is 6.97. The van der Waals surface area contributed by atoms with E-state index in [4.69, 9.17) is 11.6 Å². The first-order valence-corrected chi connectivity index (χ1v) is 10.7. The molecular weight excluding hydrogens is 384 g/mol. The van der Waals surface area contributed by atoms with Crippen LogP contribution in [0.2, 0.25) is 5.02 Å². The van der Waals surface area contributed by atoms with Crippen molar-refractivity contribution in [3.63, 3.8) is 0 Å². The number of benzene rings is 2.